The summed E-state index contributed by atoms with van der Waals surface area (Å²) in [5, 5.41) is 0. The second kappa shape index (κ2) is 5.96. The minimum atomic E-state index is -0.344. The van der Waals surface area contributed by atoms with Crippen LogP contribution in [0.1, 0.15) is 12.0 Å². The first kappa shape index (κ1) is 11.4. The van der Waals surface area contributed by atoms with Crippen LogP contribution >= 0.6 is 0 Å². The second-order valence-corrected chi connectivity index (χ2v) is 3.37. The summed E-state index contributed by atoms with van der Waals surface area (Å²) in [5.74, 6) is -0.636. The fraction of sp³-hybridized carbons (Fsp3) is 0.333. The van der Waals surface area contributed by atoms with Crippen molar-refractivity contribution in [3.05, 3.63) is 35.9 Å². The molecule has 0 aliphatic carbocycles. The normalized spacial score (nSPS) is 11.8. The maximum Gasteiger partial charge on any atom is 0.306 e. The van der Waals surface area contributed by atoms with Crippen molar-refractivity contribution >= 4 is 12.3 Å². The van der Waals surface area contributed by atoms with E-state index in [0.29, 0.717) is 6.42 Å². The van der Waals surface area contributed by atoms with Gasteiger partial charge < -0.3 is 9.53 Å². The molecule has 0 fully saturated rings. The van der Waals surface area contributed by atoms with Gasteiger partial charge in [-0.15, -0.1) is 0 Å². The number of aldehydes is 1. The Labute approximate surface area is 89.1 Å². The highest BCUT2D eigenvalue weighted by Crippen LogP contribution is 2.10. The maximum atomic E-state index is 11.0. The van der Waals surface area contributed by atoms with Crippen molar-refractivity contribution in [3.63, 3.8) is 0 Å². The van der Waals surface area contributed by atoms with Gasteiger partial charge in [0.15, 0.2) is 0 Å². The number of benzene rings is 1. The molecule has 1 rings (SSSR count). The van der Waals surface area contributed by atoms with Gasteiger partial charge in [-0.2, -0.15) is 0 Å². The Morgan fingerprint density at radius 3 is 2.60 bits per heavy atom. The minimum absolute atomic E-state index is 0.148. The number of hydrogen-bond donors (Lipinski definition) is 0. The highest BCUT2D eigenvalue weighted by molar-refractivity contribution is 5.73. The lowest BCUT2D eigenvalue weighted by atomic mass is 9.98. The average molecular weight is 206 g/mol. The molecule has 0 saturated heterocycles. The molecular formula is C12H14O3. The summed E-state index contributed by atoms with van der Waals surface area (Å²) in [4.78, 5) is 21.7. The molecule has 1 aromatic carbocycles. The van der Waals surface area contributed by atoms with Crippen molar-refractivity contribution in [1.29, 1.82) is 0 Å². The largest absolute Gasteiger partial charge is 0.469 e. The van der Waals surface area contributed by atoms with Gasteiger partial charge in [0.05, 0.1) is 13.5 Å². The molecule has 3 nitrogen and oxygen atoms in total. The topological polar surface area (TPSA) is 43.4 Å². The van der Waals surface area contributed by atoms with E-state index >= 15 is 0 Å². The number of rotatable bonds is 5. The van der Waals surface area contributed by atoms with E-state index in [1.54, 1.807) is 0 Å². The molecule has 0 heterocycles. The Morgan fingerprint density at radius 1 is 1.40 bits per heavy atom. The summed E-state index contributed by atoms with van der Waals surface area (Å²) in [6, 6.07) is 9.62. The Morgan fingerprint density at radius 2 is 2.07 bits per heavy atom. The third kappa shape index (κ3) is 3.94. The van der Waals surface area contributed by atoms with Crippen molar-refractivity contribution in [2.45, 2.75) is 12.8 Å². The van der Waals surface area contributed by atoms with Gasteiger partial charge in [-0.1, -0.05) is 30.3 Å². The van der Waals surface area contributed by atoms with Crippen LogP contribution in [0, 0.1) is 5.92 Å². The van der Waals surface area contributed by atoms with Crippen LogP contribution in [0.3, 0.4) is 0 Å². The van der Waals surface area contributed by atoms with E-state index in [2.05, 4.69) is 4.74 Å². The number of esters is 1. The predicted molar refractivity (Wildman–Crippen MR) is 56.3 cm³/mol. The predicted octanol–water partition coefficient (Wildman–Crippen LogP) is 1.61. The van der Waals surface area contributed by atoms with Gasteiger partial charge in [0.2, 0.25) is 0 Å². The maximum absolute atomic E-state index is 11.0. The Kier molecular flexibility index (Phi) is 4.54. The first-order valence-corrected chi connectivity index (χ1v) is 4.82. The van der Waals surface area contributed by atoms with Gasteiger partial charge in [0, 0.05) is 5.92 Å². The number of hydrogen-bond acceptors (Lipinski definition) is 3. The third-order valence-electron chi connectivity index (χ3n) is 2.19. The molecular weight excluding hydrogens is 192 g/mol. The molecule has 0 spiro atoms. The lowest BCUT2D eigenvalue weighted by Gasteiger charge is -2.08. The molecule has 15 heavy (non-hydrogen) atoms. The molecule has 0 aliphatic rings. The lowest BCUT2D eigenvalue weighted by molar-refractivity contribution is -0.142. The molecule has 0 aromatic heterocycles. The zero-order chi connectivity index (χ0) is 11.1. The Bertz CT molecular complexity index is 319. The molecule has 0 amide bonds. The molecule has 0 radical (unpaired) electrons. The minimum Gasteiger partial charge on any atom is -0.469 e. The van der Waals surface area contributed by atoms with E-state index in [1.807, 2.05) is 30.3 Å². The first-order valence-electron chi connectivity index (χ1n) is 4.82. The number of carbonyl (C=O) groups is 2. The molecule has 1 atom stereocenters. The SMILES string of the molecule is COC(=O)CC(C=O)Cc1ccccc1. The van der Waals surface area contributed by atoms with Gasteiger partial charge >= 0.3 is 5.97 Å². The first-order chi connectivity index (χ1) is 7.26. The van der Waals surface area contributed by atoms with Crippen LogP contribution < -0.4 is 0 Å². The Hall–Kier alpha value is -1.64. The summed E-state index contributed by atoms with van der Waals surface area (Å²) < 4.78 is 4.52. The summed E-state index contributed by atoms with van der Waals surface area (Å²) in [5.41, 5.74) is 1.05. The van der Waals surface area contributed by atoms with Gasteiger partial charge in [0.25, 0.3) is 0 Å². The van der Waals surface area contributed by atoms with Crippen LogP contribution in [-0.4, -0.2) is 19.4 Å². The second-order valence-electron chi connectivity index (χ2n) is 3.37. The summed E-state index contributed by atoms with van der Waals surface area (Å²) in [7, 11) is 1.33. The van der Waals surface area contributed by atoms with E-state index in [-0.39, 0.29) is 18.3 Å². The van der Waals surface area contributed by atoms with Crippen LogP contribution in [0.2, 0.25) is 0 Å². The lowest BCUT2D eigenvalue weighted by Crippen LogP contribution is -2.13. The van der Waals surface area contributed by atoms with Gasteiger partial charge in [-0.3, -0.25) is 4.79 Å². The molecule has 0 bridgehead atoms. The van der Waals surface area contributed by atoms with Crippen LogP contribution in [0.25, 0.3) is 0 Å². The average Bonchev–Trinajstić information content (AvgIpc) is 2.29. The number of methoxy groups -OCH3 is 1. The molecule has 1 aromatic rings. The van der Waals surface area contributed by atoms with Crippen LogP contribution in [0.15, 0.2) is 30.3 Å². The number of carbonyl (C=O) groups excluding carboxylic acids is 2. The zero-order valence-electron chi connectivity index (χ0n) is 8.68. The van der Waals surface area contributed by atoms with Crippen LogP contribution in [0.4, 0.5) is 0 Å². The standard InChI is InChI=1S/C12H14O3/c1-15-12(14)8-11(9-13)7-10-5-3-2-4-6-10/h2-6,9,11H,7-8H2,1H3. The van der Waals surface area contributed by atoms with Crippen molar-refractivity contribution in [3.8, 4) is 0 Å². The van der Waals surface area contributed by atoms with Gasteiger partial charge in [0.1, 0.15) is 6.29 Å². The van der Waals surface area contributed by atoms with Gasteiger partial charge in [-0.05, 0) is 12.0 Å². The number of ether oxygens (including phenoxy) is 1. The molecule has 1 unspecified atom stereocenters. The molecule has 0 saturated carbocycles. The van der Waals surface area contributed by atoms with Crippen molar-refractivity contribution < 1.29 is 14.3 Å². The Balaban J connectivity index is 2.54. The van der Waals surface area contributed by atoms with Crippen LogP contribution in [-0.2, 0) is 20.7 Å². The van der Waals surface area contributed by atoms with E-state index in [0.717, 1.165) is 11.8 Å². The van der Waals surface area contributed by atoms with Gasteiger partial charge in [-0.25, -0.2) is 0 Å². The highest BCUT2D eigenvalue weighted by atomic mass is 16.5. The van der Waals surface area contributed by atoms with Crippen molar-refractivity contribution in [2.75, 3.05) is 7.11 Å². The van der Waals surface area contributed by atoms with E-state index in [4.69, 9.17) is 0 Å². The van der Waals surface area contributed by atoms with E-state index in [9.17, 15) is 9.59 Å². The molecule has 0 aliphatic heterocycles. The molecule has 3 heteroatoms. The summed E-state index contributed by atoms with van der Waals surface area (Å²) in [6.45, 7) is 0. The van der Waals surface area contributed by atoms with E-state index < -0.39 is 0 Å². The zero-order valence-corrected chi connectivity index (χ0v) is 8.68. The molecule has 0 N–H and O–H groups in total. The quantitative estimate of drug-likeness (QED) is 0.543. The summed E-state index contributed by atoms with van der Waals surface area (Å²) >= 11 is 0. The highest BCUT2D eigenvalue weighted by Gasteiger charge is 2.13. The van der Waals surface area contributed by atoms with Crippen molar-refractivity contribution in [2.24, 2.45) is 5.92 Å². The molecule has 80 valence electrons. The third-order valence-corrected chi connectivity index (χ3v) is 2.19. The summed E-state index contributed by atoms with van der Waals surface area (Å²) in [6.07, 6.45) is 1.54. The van der Waals surface area contributed by atoms with Crippen LogP contribution in [0.5, 0.6) is 0 Å². The fourth-order valence-corrected chi connectivity index (χ4v) is 1.38. The monoisotopic (exact) mass is 206 g/mol. The van der Waals surface area contributed by atoms with E-state index in [1.165, 1.54) is 7.11 Å². The smallest absolute Gasteiger partial charge is 0.306 e. The van der Waals surface area contributed by atoms with Crippen molar-refractivity contribution in [1.82, 2.24) is 0 Å². The fourth-order valence-electron chi connectivity index (χ4n) is 1.38.